The molecular formula is C12H11BrO3. The van der Waals surface area contributed by atoms with Crippen molar-refractivity contribution >= 4 is 27.7 Å². The summed E-state index contributed by atoms with van der Waals surface area (Å²) in [5, 5.41) is 0. The Morgan fingerprint density at radius 3 is 2.81 bits per heavy atom. The molecule has 0 spiro atoms. The van der Waals surface area contributed by atoms with Gasteiger partial charge in [-0.25, -0.2) is 4.79 Å². The summed E-state index contributed by atoms with van der Waals surface area (Å²) in [7, 11) is 0. The SMILES string of the molecule is CC(=O)C1(C)Cc2c(Br)cccc2C(=O)O1. The van der Waals surface area contributed by atoms with Crippen molar-refractivity contribution in [3.8, 4) is 0 Å². The number of carbonyl (C=O) groups excluding carboxylic acids is 2. The van der Waals surface area contributed by atoms with Gasteiger partial charge in [0.15, 0.2) is 11.4 Å². The van der Waals surface area contributed by atoms with Crippen LogP contribution >= 0.6 is 15.9 Å². The van der Waals surface area contributed by atoms with Gasteiger partial charge in [0.2, 0.25) is 0 Å². The highest BCUT2D eigenvalue weighted by Crippen LogP contribution is 2.33. The molecule has 1 heterocycles. The van der Waals surface area contributed by atoms with Gasteiger partial charge in [-0.2, -0.15) is 0 Å². The summed E-state index contributed by atoms with van der Waals surface area (Å²) >= 11 is 3.39. The van der Waals surface area contributed by atoms with E-state index in [1.165, 1.54) is 6.92 Å². The van der Waals surface area contributed by atoms with Gasteiger partial charge in [-0.1, -0.05) is 22.0 Å². The van der Waals surface area contributed by atoms with Crippen molar-refractivity contribution in [2.75, 3.05) is 0 Å². The predicted molar refractivity (Wildman–Crippen MR) is 62.3 cm³/mol. The molecule has 0 bridgehead atoms. The minimum atomic E-state index is -1.03. The largest absolute Gasteiger partial charge is 0.447 e. The summed E-state index contributed by atoms with van der Waals surface area (Å²) < 4.78 is 6.05. The zero-order valence-electron chi connectivity index (χ0n) is 9.04. The second-order valence-corrected chi connectivity index (χ2v) is 4.97. The van der Waals surface area contributed by atoms with Crippen LogP contribution in [0.2, 0.25) is 0 Å². The summed E-state index contributed by atoms with van der Waals surface area (Å²) in [4.78, 5) is 23.3. The highest BCUT2D eigenvalue weighted by atomic mass is 79.9. The first-order chi connectivity index (χ1) is 7.44. The number of halogens is 1. The number of benzene rings is 1. The van der Waals surface area contributed by atoms with E-state index in [0.717, 1.165) is 10.0 Å². The molecule has 3 nitrogen and oxygen atoms in total. The molecular weight excluding hydrogens is 272 g/mol. The van der Waals surface area contributed by atoms with Crippen LogP contribution in [0.1, 0.15) is 29.8 Å². The van der Waals surface area contributed by atoms with E-state index in [2.05, 4.69) is 15.9 Å². The Labute approximate surface area is 102 Å². The molecule has 1 aromatic rings. The average molecular weight is 283 g/mol. The number of fused-ring (bicyclic) bond motifs is 1. The molecule has 1 atom stereocenters. The molecule has 0 fully saturated rings. The number of cyclic esters (lactones) is 1. The zero-order chi connectivity index (χ0) is 11.9. The first kappa shape index (κ1) is 11.3. The van der Waals surface area contributed by atoms with Gasteiger partial charge in [0, 0.05) is 10.9 Å². The van der Waals surface area contributed by atoms with Crippen LogP contribution < -0.4 is 0 Å². The summed E-state index contributed by atoms with van der Waals surface area (Å²) in [6, 6.07) is 5.35. The van der Waals surface area contributed by atoms with Crippen molar-refractivity contribution in [1.29, 1.82) is 0 Å². The van der Waals surface area contributed by atoms with E-state index in [-0.39, 0.29) is 5.78 Å². The molecule has 0 saturated heterocycles. The Morgan fingerprint density at radius 1 is 1.50 bits per heavy atom. The molecule has 1 aliphatic rings. The number of rotatable bonds is 1. The lowest BCUT2D eigenvalue weighted by atomic mass is 9.87. The Kier molecular flexibility index (Phi) is 2.62. The van der Waals surface area contributed by atoms with E-state index in [9.17, 15) is 9.59 Å². The summed E-state index contributed by atoms with van der Waals surface area (Å²) in [6.45, 7) is 3.09. The lowest BCUT2D eigenvalue weighted by molar-refractivity contribution is -0.135. The van der Waals surface area contributed by atoms with Gasteiger partial charge < -0.3 is 4.74 Å². The van der Waals surface area contributed by atoms with Gasteiger partial charge in [0.1, 0.15) is 0 Å². The fourth-order valence-electron chi connectivity index (χ4n) is 1.76. The van der Waals surface area contributed by atoms with E-state index in [1.54, 1.807) is 19.1 Å². The lowest BCUT2D eigenvalue weighted by Crippen LogP contribution is -2.44. The number of hydrogen-bond acceptors (Lipinski definition) is 3. The number of ketones is 1. The van der Waals surface area contributed by atoms with Crippen LogP contribution in [-0.2, 0) is 16.0 Å². The van der Waals surface area contributed by atoms with Crippen LogP contribution in [0.3, 0.4) is 0 Å². The first-order valence-corrected chi connectivity index (χ1v) is 5.75. The molecule has 0 aromatic heterocycles. The molecule has 4 heteroatoms. The van der Waals surface area contributed by atoms with Gasteiger partial charge >= 0.3 is 5.97 Å². The molecule has 0 radical (unpaired) electrons. The third-order valence-corrected chi connectivity index (χ3v) is 3.66. The van der Waals surface area contributed by atoms with Crippen molar-refractivity contribution in [2.24, 2.45) is 0 Å². The van der Waals surface area contributed by atoms with Crippen LogP contribution in [0, 0.1) is 0 Å². The van der Waals surface area contributed by atoms with E-state index < -0.39 is 11.6 Å². The van der Waals surface area contributed by atoms with E-state index in [4.69, 9.17) is 4.74 Å². The molecule has 1 aliphatic heterocycles. The van der Waals surface area contributed by atoms with Crippen molar-refractivity contribution in [2.45, 2.75) is 25.9 Å². The standard InChI is InChI=1S/C12H11BrO3/c1-7(14)12(2)6-9-8(11(15)16-12)4-3-5-10(9)13/h3-5H,6H2,1-2H3. The van der Waals surface area contributed by atoms with Crippen molar-refractivity contribution in [3.05, 3.63) is 33.8 Å². The van der Waals surface area contributed by atoms with Crippen molar-refractivity contribution in [1.82, 2.24) is 0 Å². The van der Waals surface area contributed by atoms with E-state index in [1.807, 2.05) is 6.07 Å². The molecule has 1 unspecified atom stereocenters. The Morgan fingerprint density at radius 2 is 2.19 bits per heavy atom. The smallest absolute Gasteiger partial charge is 0.339 e. The van der Waals surface area contributed by atoms with Crippen LogP contribution in [0.4, 0.5) is 0 Å². The fraction of sp³-hybridized carbons (Fsp3) is 0.333. The van der Waals surface area contributed by atoms with E-state index >= 15 is 0 Å². The fourth-order valence-corrected chi connectivity index (χ4v) is 2.27. The number of hydrogen-bond donors (Lipinski definition) is 0. The molecule has 0 saturated carbocycles. The monoisotopic (exact) mass is 282 g/mol. The number of Topliss-reactive ketones (excluding diaryl/α,β-unsaturated/α-hetero) is 1. The first-order valence-electron chi connectivity index (χ1n) is 4.96. The second-order valence-electron chi connectivity index (χ2n) is 4.12. The average Bonchev–Trinajstić information content (AvgIpc) is 2.19. The number of carbonyl (C=O) groups is 2. The molecule has 84 valence electrons. The third-order valence-electron chi connectivity index (χ3n) is 2.92. The Balaban J connectivity index is 2.54. The maximum absolute atomic E-state index is 11.8. The Bertz CT molecular complexity index is 481. The topological polar surface area (TPSA) is 43.4 Å². The normalized spacial score (nSPS) is 23.6. The molecule has 0 aliphatic carbocycles. The summed E-state index contributed by atoms with van der Waals surface area (Å²) in [5.74, 6) is -0.567. The maximum atomic E-state index is 11.8. The predicted octanol–water partition coefficient (Wildman–Crippen LogP) is 2.51. The van der Waals surface area contributed by atoms with Gasteiger partial charge in [-0.3, -0.25) is 4.79 Å². The van der Waals surface area contributed by atoms with Crippen LogP contribution in [0.25, 0.3) is 0 Å². The van der Waals surface area contributed by atoms with Crippen LogP contribution in [0.5, 0.6) is 0 Å². The number of esters is 1. The van der Waals surface area contributed by atoms with Crippen molar-refractivity contribution < 1.29 is 14.3 Å². The lowest BCUT2D eigenvalue weighted by Gasteiger charge is -2.32. The van der Waals surface area contributed by atoms with Gasteiger partial charge in [0.25, 0.3) is 0 Å². The van der Waals surface area contributed by atoms with Gasteiger partial charge in [0.05, 0.1) is 5.56 Å². The molecule has 1 aromatic carbocycles. The number of ether oxygens (including phenoxy) is 1. The third kappa shape index (κ3) is 1.67. The summed E-state index contributed by atoms with van der Waals surface area (Å²) in [5.41, 5.74) is 0.345. The molecule has 0 N–H and O–H groups in total. The van der Waals surface area contributed by atoms with Crippen LogP contribution in [-0.4, -0.2) is 17.4 Å². The van der Waals surface area contributed by atoms with Crippen LogP contribution in [0.15, 0.2) is 22.7 Å². The minimum absolute atomic E-state index is 0.137. The van der Waals surface area contributed by atoms with Gasteiger partial charge in [-0.15, -0.1) is 0 Å². The maximum Gasteiger partial charge on any atom is 0.339 e. The highest BCUT2D eigenvalue weighted by Gasteiger charge is 2.40. The molecule has 2 rings (SSSR count). The second kappa shape index (κ2) is 3.70. The van der Waals surface area contributed by atoms with Crippen molar-refractivity contribution in [3.63, 3.8) is 0 Å². The minimum Gasteiger partial charge on any atom is -0.447 e. The van der Waals surface area contributed by atoms with E-state index in [0.29, 0.717) is 12.0 Å². The quantitative estimate of drug-likeness (QED) is 0.744. The zero-order valence-corrected chi connectivity index (χ0v) is 10.6. The molecule has 0 amide bonds. The molecule has 16 heavy (non-hydrogen) atoms. The highest BCUT2D eigenvalue weighted by molar-refractivity contribution is 9.10. The Hall–Kier alpha value is -1.16. The van der Waals surface area contributed by atoms with Gasteiger partial charge in [-0.05, 0) is 31.5 Å². The summed E-state index contributed by atoms with van der Waals surface area (Å²) in [6.07, 6.45) is 0.421.